The molecule has 1 fully saturated rings. The minimum atomic E-state index is -4.45. The van der Waals surface area contributed by atoms with Crippen molar-refractivity contribution < 1.29 is 31.1 Å². The zero-order valence-electron chi connectivity index (χ0n) is 17.5. The van der Waals surface area contributed by atoms with Gasteiger partial charge in [0.25, 0.3) is 0 Å². The van der Waals surface area contributed by atoms with Gasteiger partial charge < -0.3 is 10.1 Å². The first kappa shape index (κ1) is 24.5. The van der Waals surface area contributed by atoms with Gasteiger partial charge in [-0.2, -0.15) is 17.5 Å². The zero-order chi connectivity index (χ0) is 22.5. The van der Waals surface area contributed by atoms with E-state index in [9.17, 15) is 26.4 Å². The summed E-state index contributed by atoms with van der Waals surface area (Å²) >= 11 is 0. The van der Waals surface area contributed by atoms with E-state index in [1.807, 2.05) is 0 Å². The number of nitrogens with zero attached hydrogens (tertiary/aromatic N) is 1. The number of anilines is 1. The lowest BCUT2D eigenvalue weighted by Crippen LogP contribution is -2.39. The van der Waals surface area contributed by atoms with Crippen molar-refractivity contribution in [3.05, 3.63) is 18.2 Å². The van der Waals surface area contributed by atoms with E-state index in [4.69, 9.17) is 4.74 Å². The fourth-order valence-corrected chi connectivity index (χ4v) is 5.45. The molecule has 2 rings (SSSR count). The second-order valence-electron chi connectivity index (χ2n) is 7.21. The van der Waals surface area contributed by atoms with Gasteiger partial charge in [-0.3, -0.25) is 4.79 Å². The van der Waals surface area contributed by atoms with Gasteiger partial charge in [0.05, 0.1) is 12.5 Å². The molecule has 2 atom stereocenters. The van der Waals surface area contributed by atoms with Crippen molar-refractivity contribution in [2.24, 2.45) is 11.8 Å². The lowest BCUT2D eigenvalue weighted by molar-refractivity contribution is -0.197. The molecule has 1 aromatic carbocycles. The first-order valence-corrected chi connectivity index (χ1v) is 11.6. The number of hydrogen-bond donors (Lipinski definition) is 1. The van der Waals surface area contributed by atoms with Gasteiger partial charge in [-0.05, 0) is 38.0 Å². The molecule has 1 N–H and O–H groups in total. The van der Waals surface area contributed by atoms with Crippen molar-refractivity contribution in [3.8, 4) is 5.75 Å². The molecule has 0 aromatic heterocycles. The average molecular weight is 451 g/mol. The van der Waals surface area contributed by atoms with Crippen LogP contribution < -0.4 is 10.1 Å². The van der Waals surface area contributed by atoms with Gasteiger partial charge in [-0.25, -0.2) is 8.42 Å². The van der Waals surface area contributed by atoms with E-state index in [-0.39, 0.29) is 48.9 Å². The van der Waals surface area contributed by atoms with Gasteiger partial charge >= 0.3 is 6.18 Å². The molecule has 0 heterocycles. The minimum Gasteiger partial charge on any atom is -0.492 e. The van der Waals surface area contributed by atoms with Crippen molar-refractivity contribution in [1.29, 1.82) is 0 Å². The maximum atomic E-state index is 13.3. The third-order valence-electron chi connectivity index (χ3n) is 5.36. The summed E-state index contributed by atoms with van der Waals surface area (Å²) in [4.78, 5) is 12.5. The molecule has 0 radical (unpaired) electrons. The van der Waals surface area contributed by atoms with E-state index < -0.39 is 33.9 Å². The van der Waals surface area contributed by atoms with Gasteiger partial charge in [0.2, 0.25) is 15.9 Å². The number of carbonyl (C=O) groups is 1. The quantitative estimate of drug-likeness (QED) is 0.636. The van der Waals surface area contributed by atoms with Crippen molar-refractivity contribution in [2.75, 3.05) is 25.0 Å². The lowest BCUT2D eigenvalue weighted by Gasteiger charge is -2.32. The van der Waals surface area contributed by atoms with Gasteiger partial charge in [0.1, 0.15) is 10.6 Å². The zero-order valence-corrected chi connectivity index (χ0v) is 18.3. The van der Waals surface area contributed by atoms with E-state index in [1.54, 1.807) is 20.8 Å². The number of benzene rings is 1. The second kappa shape index (κ2) is 10.00. The van der Waals surface area contributed by atoms with Crippen LogP contribution in [0.25, 0.3) is 0 Å². The molecule has 1 amide bonds. The first-order valence-electron chi connectivity index (χ1n) is 10.2. The van der Waals surface area contributed by atoms with Crippen LogP contribution in [0.2, 0.25) is 0 Å². The Hall–Kier alpha value is -1.81. The molecule has 1 aliphatic rings. The van der Waals surface area contributed by atoms with E-state index in [1.165, 1.54) is 22.5 Å². The van der Waals surface area contributed by atoms with E-state index in [0.29, 0.717) is 12.8 Å². The van der Waals surface area contributed by atoms with Crippen molar-refractivity contribution in [3.63, 3.8) is 0 Å². The monoisotopic (exact) mass is 450 g/mol. The number of nitrogens with one attached hydrogen (secondary N) is 1. The molecule has 30 heavy (non-hydrogen) atoms. The van der Waals surface area contributed by atoms with Crippen LogP contribution >= 0.6 is 0 Å². The van der Waals surface area contributed by atoms with Crippen LogP contribution in [0.4, 0.5) is 18.9 Å². The summed E-state index contributed by atoms with van der Waals surface area (Å²) in [6.07, 6.45) is -3.39. The molecule has 6 nitrogen and oxygen atoms in total. The fraction of sp³-hybridized carbons (Fsp3) is 0.650. The number of hydrogen-bond acceptors (Lipinski definition) is 4. The molecule has 1 saturated carbocycles. The Morgan fingerprint density at radius 3 is 2.37 bits per heavy atom. The van der Waals surface area contributed by atoms with Gasteiger partial charge in [-0.15, -0.1) is 0 Å². The van der Waals surface area contributed by atoms with Crippen molar-refractivity contribution in [1.82, 2.24) is 4.31 Å². The molecule has 1 aliphatic carbocycles. The molecule has 10 heteroatoms. The number of amides is 1. The highest BCUT2D eigenvalue weighted by Gasteiger charge is 2.48. The van der Waals surface area contributed by atoms with Gasteiger partial charge in [0, 0.05) is 24.7 Å². The normalized spacial score (nSPS) is 20.2. The summed E-state index contributed by atoms with van der Waals surface area (Å²) < 4.78 is 72.7. The number of rotatable bonds is 8. The number of alkyl halides is 3. The lowest BCUT2D eigenvalue weighted by atomic mass is 9.78. The molecule has 0 saturated heterocycles. The van der Waals surface area contributed by atoms with Crippen molar-refractivity contribution in [2.45, 2.75) is 57.5 Å². The SMILES string of the molecule is CCOc1ccc(NC(=O)C2CCCCC2C(F)(F)F)cc1S(=O)(=O)N(CC)CC. The number of sulfonamides is 1. The Balaban J connectivity index is 2.35. The predicted molar refractivity (Wildman–Crippen MR) is 108 cm³/mol. The molecule has 0 bridgehead atoms. The summed E-state index contributed by atoms with van der Waals surface area (Å²) in [5.41, 5.74) is 0.126. The Labute approximate surface area is 175 Å². The smallest absolute Gasteiger partial charge is 0.392 e. The summed E-state index contributed by atoms with van der Waals surface area (Å²) in [6, 6.07) is 4.11. The minimum absolute atomic E-state index is 0.0769. The van der Waals surface area contributed by atoms with E-state index in [2.05, 4.69) is 5.32 Å². The highest BCUT2D eigenvalue weighted by molar-refractivity contribution is 7.89. The highest BCUT2D eigenvalue weighted by Crippen LogP contribution is 2.42. The highest BCUT2D eigenvalue weighted by atomic mass is 32.2. The topological polar surface area (TPSA) is 75.7 Å². The van der Waals surface area contributed by atoms with Crippen LogP contribution in [0, 0.1) is 11.8 Å². The van der Waals surface area contributed by atoms with Crippen LogP contribution in [0.1, 0.15) is 46.5 Å². The summed E-state index contributed by atoms with van der Waals surface area (Å²) in [5, 5.41) is 2.49. The van der Waals surface area contributed by atoms with Crippen LogP contribution in [0.5, 0.6) is 5.75 Å². The fourth-order valence-electron chi connectivity index (χ4n) is 3.84. The Morgan fingerprint density at radius 2 is 1.80 bits per heavy atom. The Morgan fingerprint density at radius 1 is 1.17 bits per heavy atom. The molecule has 2 unspecified atom stereocenters. The molecule has 0 aliphatic heterocycles. The van der Waals surface area contributed by atoms with Gasteiger partial charge in [0.15, 0.2) is 0 Å². The first-order chi connectivity index (χ1) is 14.1. The number of halogens is 3. The largest absolute Gasteiger partial charge is 0.492 e. The maximum absolute atomic E-state index is 13.3. The van der Waals surface area contributed by atoms with E-state index >= 15 is 0 Å². The third kappa shape index (κ3) is 5.46. The summed E-state index contributed by atoms with van der Waals surface area (Å²) in [6.45, 7) is 5.85. The number of ether oxygens (including phenoxy) is 1. The molecular weight excluding hydrogens is 421 g/mol. The predicted octanol–water partition coefficient (Wildman–Crippen LogP) is 4.42. The molecule has 0 spiro atoms. The average Bonchev–Trinajstić information content (AvgIpc) is 2.69. The Kier molecular flexibility index (Phi) is 8.15. The Bertz CT molecular complexity index is 839. The van der Waals surface area contributed by atoms with Crippen LogP contribution in [-0.2, 0) is 14.8 Å². The van der Waals surface area contributed by atoms with Crippen LogP contribution in [0.3, 0.4) is 0 Å². The second-order valence-corrected chi connectivity index (χ2v) is 9.12. The summed E-state index contributed by atoms with van der Waals surface area (Å²) in [5.74, 6) is -3.48. The standard InChI is InChI=1S/C20H29F3N2O4S/c1-4-25(5-2)30(27,28)18-13-14(11-12-17(18)29-6-3)24-19(26)15-9-7-8-10-16(15)20(21,22)23/h11-13,15-16H,4-10H2,1-3H3,(H,24,26). The molecule has 1 aromatic rings. The maximum Gasteiger partial charge on any atom is 0.392 e. The summed E-state index contributed by atoms with van der Waals surface area (Å²) in [7, 11) is -3.89. The molecular formula is C20H29F3N2O4S. The van der Waals surface area contributed by atoms with Crippen molar-refractivity contribution >= 4 is 21.6 Å². The van der Waals surface area contributed by atoms with Gasteiger partial charge in [-0.1, -0.05) is 26.7 Å². The van der Waals surface area contributed by atoms with Crippen LogP contribution in [0.15, 0.2) is 23.1 Å². The third-order valence-corrected chi connectivity index (χ3v) is 7.43. The molecule has 170 valence electrons. The van der Waals surface area contributed by atoms with E-state index in [0.717, 1.165) is 0 Å². The number of carbonyl (C=O) groups excluding carboxylic acids is 1. The van der Waals surface area contributed by atoms with Crippen LogP contribution in [-0.4, -0.2) is 44.5 Å².